The average molecular weight is 155 g/mol. The minimum Gasteiger partial charge on any atom is -1.00 e. The Morgan fingerprint density at radius 2 is 2.00 bits per heavy atom. The monoisotopic (exact) mass is 155 g/mol. The van der Waals surface area contributed by atoms with Gasteiger partial charge in [-0.05, 0) is 0 Å². The van der Waals surface area contributed by atoms with E-state index in [1.807, 2.05) is 0 Å². The second-order valence-corrected chi connectivity index (χ2v) is 0.876. The number of hydrogen-bond acceptors (Lipinski definition) is 3. The molecule has 1 radical (unpaired) electrons. The SMILES string of the molecule is O.O[B]O.[H-].[Na+].c1c[nH]cn1. The topological polar surface area (TPSA) is 101 Å². The molecule has 1 aromatic rings. The maximum Gasteiger partial charge on any atom is 1.00 e. The van der Waals surface area contributed by atoms with Gasteiger partial charge in [-0.3, -0.25) is 0 Å². The zero-order chi connectivity index (χ0) is 6.24. The molecule has 0 fully saturated rings. The first-order valence-electron chi connectivity index (χ1n) is 1.94. The van der Waals surface area contributed by atoms with Gasteiger partial charge in [0.1, 0.15) is 0 Å². The molecule has 0 spiro atoms. The molecule has 5 N–H and O–H groups in total. The molecule has 1 aromatic heterocycles. The zero-order valence-electron chi connectivity index (χ0n) is 6.65. The van der Waals surface area contributed by atoms with Crippen molar-refractivity contribution in [3.8, 4) is 0 Å². The Labute approximate surface area is 82.9 Å². The minimum atomic E-state index is 0. The van der Waals surface area contributed by atoms with Crippen molar-refractivity contribution in [1.29, 1.82) is 0 Å². The van der Waals surface area contributed by atoms with E-state index < -0.39 is 0 Å². The molecule has 1 heterocycles. The van der Waals surface area contributed by atoms with Gasteiger partial charge < -0.3 is 21.9 Å². The molecule has 0 aliphatic rings. The molecule has 0 aromatic carbocycles. The zero-order valence-corrected chi connectivity index (χ0v) is 7.65. The van der Waals surface area contributed by atoms with Gasteiger partial charge >= 0.3 is 37.2 Å². The summed E-state index contributed by atoms with van der Waals surface area (Å²) in [6, 6.07) is 0. The van der Waals surface area contributed by atoms with E-state index in [0.717, 1.165) is 0 Å². The molecule has 0 saturated heterocycles. The summed E-state index contributed by atoms with van der Waals surface area (Å²) in [6.07, 6.45) is 5.08. The van der Waals surface area contributed by atoms with Crippen molar-refractivity contribution in [3.63, 3.8) is 0 Å². The third kappa shape index (κ3) is 15.7. The number of aromatic amines is 1. The van der Waals surface area contributed by atoms with Crippen molar-refractivity contribution >= 4 is 7.69 Å². The van der Waals surface area contributed by atoms with Crippen LogP contribution in [-0.2, 0) is 0 Å². The molecule has 0 aliphatic heterocycles. The molecule has 0 unspecified atom stereocenters. The number of nitrogens with one attached hydrogen (secondary N) is 1. The van der Waals surface area contributed by atoms with Crippen LogP contribution >= 0.6 is 0 Å². The van der Waals surface area contributed by atoms with Crippen LogP contribution in [0.1, 0.15) is 1.43 Å². The summed E-state index contributed by atoms with van der Waals surface area (Å²) in [4.78, 5) is 6.42. The Balaban J connectivity index is -0.0000000379. The molecule has 53 valence electrons. The fourth-order valence-corrected chi connectivity index (χ4v) is 0.215. The van der Waals surface area contributed by atoms with Gasteiger partial charge in [0, 0.05) is 12.4 Å². The van der Waals surface area contributed by atoms with E-state index in [0.29, 0.717) is 0 Å². The number of rotatable bonds is 0. The Morgan fingerprint density at radius 3 is 2.10 bits per heavy atom. The van der Waals surface area contributed by atoms with Gasteiger partial charge in [-0.25, -0.2) is 4.98 Å². The van der Waals surface area contributed by atoms with Crippen LogP contribution in [0, 0.1) is 0 Å². The summed E-state index contributed by atoms with van der Waals surface area (Å²) < 4.78 is 0. The molecule has 0 bridgehead atoms. The van der Waals surface area contributed by atoms with Crippen molar-refractivity contribution in [3.05, 3.63) is 18.7 Å². The summed E-state index contributed by atoms with van der Waals surface area (Å²) in [7, 11) is 0. The Morgan fingerprint density at radius 1 is 1.50 bits per heavy atom. The van der Waals surface area contributed by atoms with Crippen molar-refractivity contribution in [1.82, 2.24) is 9.97 Å². The van der Waals surface area contributed by atoms with Crippen LogP contribution in [0.3, 0.4) is 0 Å². The molecule has 10 heavy (non-hydrogen) atoms. The molecule has 1 rings (SSSR count). The normalized spacial score (nSPS) is 5.40. The number of H-pyrrole nitrogens is 1. The minimum absolute atomic E-state index is 0. The van der Waals surface area contributed by atoms with Crippen LogP contribution in [-0.4, -0.2) is 33.2 Å². The van der Waals surface area contributed by atoms with Gasteiger partial charge in [-0.15, -0.1) is 0 Å². The summed E-state index contributed by atoms with van der Waals surface area (Å²) >= 11 is 0. The molecule has 7 heteroatoms. The summed E-state index contributed by atoms with van der Waals surface area (Å²) in [5.74, 6) is 0. The molecule has 0 saturated carbocycles. The quantitative estimate of drug-likeness (QED) is 0.327. The van der Waals surface area contributed by atoms with Crippen molar-refractivity contribution in [2.45, 2.75) is 0 Å². The molecular weight excluding hydrogens is 146 g/mol. The van der Waals surface area contributed by atoms with Crippen LogP contribution in [0.25, 0.3) is 0 Å². The third-order valence-electron chi connectivity index (χ3n) is 0.406. The van der Waals surface area contributed by atoms with Crippen LogP contribution < -0.4 is 29.6 Å². The summed E-state index contributed by atoms with van der Waals surface area (Å²) in [5.41, 5.74) is 0. The first kappa shape index (κ1) is 16.6. The van der Waals surface area contributed by atoms with Gasteiger partial charge in [-0.1, -0.05) is 0 Å². The Bertz CT molecular complexity index is 93.5. The first-order chi connectivity index (χ1) is 3.91. The largest absolute Gasteiger partial charge is 1.00 e. The average Bonchev–Trinajstić information content (AvgIpc) is 2.17. The van der Waals surface area contributed by atoms with Gasteiger partial charge in [0.2, 0.25) is 0 Å². The number of imidazole rings is 1. The molecular formula is C3H9BN2NaO3. The molecule has 0 atom stereocenters. The van der Waals surface area contributed by atoms with E-state index in [2.05, 4.69) is 9.97 Å². The third-order valence-corrected chi connectivity index (χ3v) is 0.406. The van der Waals surface area contributed by atoms with Crippen LogP contribution in [0.4, 0.5) is 0 Å². The number of hydrogen-bond donors (Lipinski definition) is 3. The summed E-state index contributed by atoms with van der Waals surface area (Å²) in [6.45, 7) is 0. The Hall–Kier alpha value is 0.155. The van der Waals surface area contributed by atoms with E-state index in [1.54, 1.807) is 18.7 Å². The van der Waals surface area contributed by atoms with E-state index in [1.165, 1.54) is 0 Å². The van der Waals surface area contributed by atoms with E-state index >= 15 is 0 Å². The van der Waals surface area contributed by atoms with Gasteiger partial charge in [-0.2, -0.15) is 0 Å². The fourth-order valence-electron chi connectivity index (χ4n) is 0.215. The van der Waals surface area contributed by atoms with Crippen molar-refractivity contribution < 1.29 is 46.5 Å². The smallest absolute Gasteiger partial charge is 1.00 e. The fraction of sp³-hybridized carbons (Fsp3) is 0. The molecule has 0 aliphatic carbocycles. The predicted molar refractivity (Wildman–Crippen MR) is 33.5 cm³/mol. The number of nitrogens with zero attached hydrogens (tertiary/aromatic N) is 1. The second-order valence-electron chi connectivity index (χ2n) is 0.876. The van der Waals surface area contributed by atoms with E-state index in [-0.39, 0.29) is 44.1 Å². The van der Waals surface area contributed by atoms with Crippen LogP contribution in [0.15, 0.2) is 18.7 Å². The first-order valence-corrected chi connectivity index (χ1v) is 1.94. The van der Waals surface area contributed by atoms with E-state index in [4.69, 9.17) is 10.0 Å². The second kappa shape index (κ2) is 16.1. The van der Waals surface area contributed by atoms with Crippen LogP contribution in [0.2, 0.25) is 0 Å². The van der Waals surface area contributed by atoms with E-state index in [9.17, 15) is 0 Å². The van der Waals surface area contributed by atoms with Gasteiger partial charge in [0.05, 0.1) is 6.33 Å². The van der Waals surface area contributed by atoms with Crippen molar-refractivity contribution in [2.24, 2.45) is 0 Å². The molecule has 0 amide bonds. The molecule has 5 nitrogen and oxygen atoms in total. The van der Waals surface area contributed by atoms with Gasteiger partial charge in [0.15, 0.2) is 0 Å². The van der Waals surface area contributed by atoms with Crippen LogP contribution in [0.5, 0.6) is 0 Å². The maximum absolute atomic E-state index is 7.00. The Kier molecular flexibility index (Phi) is 26.7. The summed E-state index contributed by atoms with van der Waals surface area (Å²) in [5, 5.41) is 14.0. The van der Waals surface area contributed by atoms with Gasteiger partial charge in [0.25, 0.3) is 0 Å². The number of aromatic nitrogens is 2. The predicted octanol–water partition coefficient (Wildman–Crippen LogP) is -4.79. The van der Waals surface area contributed by atoms with Crippen molar-refractivity contribution in [2.75, 3.05) is 0 Å². The maximum atomic E-state index is 7.00. The standard InChI is InChI=1S/C3H4N2.BH2O2.Na.H2O.H/c1-2-5-3-4-1;2-1-3;;;/h1-3H,(H,4,5);2-3H;;1H2;/q;;+1;;-1.